The number of nitrogens with one attached hydrogen (secondary N) is 3. The lowest BCUT2D eigenvalue weighted by Crippen LogP contribution is -3.11. The van der Waals surface area contributed by atoms with Gasteiger partial charge < -0.3 is 15.5 Å². The molecule has 2 amide bonds. The van der Waals surface area contributed by atoms with Crippen LogP contribution in [-0.4, -0.2) is 37.5 Å². The van der Waals surface area contributed by atoms with E-state index in [1.165, 1.54) is 0 Å². The molecule has 0 aliphatic carbocycles. The number of aryl methyl sites for hydroxylation is 1. The normalized spacial score (nSPS) is 13.2. The van der Waals surface area contributed by atoms with Crippen LogP contribution in [0, 0.1) is 12.3 Å². The highest BCUT2D eigenvalue weighted by atomic mass is 16.2. The predicted molar refractivity (Wildman–Crippen MR) is 103 cm³/mol. The van der Waals surface area contributed by atoms with Gasteiger partial charge in [-0.15, -0.1) is 0 Å². The predicted octanol–water partition coefficient (Wildman–Crippen LogP) is 1.78. The zero-order valence-electron chi connectivity index (χ0n) is 16.7. The molecule has 25 heavy (non-hydrogen) atoms. The smallest absolute Gasteiger partial charge is 0.279 e. The van der Waals surface area contributed by atoms with Gasteiger partial charge in [0.15, 0.2) is 13.1 Å². The van der Waals surface area contributed by atoms with Gasteiger partial charge in [-0.1, -0.05) is 38.5 Å². The molecule has 1 unspecified atom stereocenters. The third-order valence-corrected chi connectivity index (χ3v) is 3.71. The van der Waals surface area contributed by atoms with Crippen LogP contribution in [0.3, 0.4) is 0 Å². The first kappa shape index (κ1) is 21.2. The van der Waals surface area contributed by atoms with Gasteiger partial charge in [-0.2, -0.15) is 0 Å². The molecule has 0 aliphatic heterocycles. The topological polar surface area (TPSA) is 62.6 Å². The highest BCUT2D eigenvalue weighted by Gasteiger charge is 2.28. The Balaban J connectivity index is 2.44. The molecule has 0 radical (unpaired) electrons. The molecule has 0 aromatic heterocycles. The minimum atomic E-state index is -0.264. The van der Waals surface area contributed by atoms with Crippen LogP contribution in [0.5, 0.6) is 0 Å². The van der Waals surface area contributed by atoms with Crippen molar-refractivity contribution in [3.63, 3.8) is 0 Å². The van der Waals surface area contributed by atoms with E-state index in [9.17, 15) is 9.59 Å². The molecule has 0 fully saturated rings. The lowest BCUT2D eigenvalue weighted by molar-refractivity contribution is -0.862. The van der Waals surface area contributed by atoms with Crippen molar-refractivity contribution in [3.05, 3.63) is 29.8 Å². The van der Waals surface area contributed by atoms with Gasteiger partial charge in [0.05, 0.1) is 7.05 Å². The molecule has 0 aliphatic rings. The summed E-state index contributed by atoms with van der Waals surface area (Å²) in [5, 5.41) is 5.94. The number of hydrogen-bond acceptors (Lipinski definition) is 2. The van der Waals surface area contributed by atoms with E-state index in [0.717, 1.165) is 22.6 Å². The van der Waals surface area contributed by atoms with Crippen LogP contribution in [0.4, 0.5) is 5.69 Å². The second-order valence-electron chi connectivity index (χ2n) is 8.89. The fraction of sp³-hybridized carbons (Fsp3) is 0.600. The molecule has 0 spiro atoms. The molecule has 5 heteroatoms. The SMILES string of the molecule is Cc1ccc(NC(=O)C[NH+](C)CC(=O)NC(C)(C)CC(C)(C)C)cc1. The Morgan fingerprint density at radius 2 is 1.48 bits per heavy atom. The zero-order chi connectivity index (χ0) is 19.3. The Morgan fingerprint density at radius 3 is 2.00 bits per heavy atom. The van der Waals surface area contributed by atoms with Crippen molar-refractivity contribution in [3.8, 4) is 0 Å². The van der Waals surface area contributed by atoms with E-state index in [0.29, 0.717) is 0 Å². The van der Waals surface area contributed by atoms with Gasteiger partial charge in [0.2, 0.25) is 0 Å². The molecule has 0 saturated heterocycles. The van der Waals surface area contributed by atoms with E-state index >= 15 is 0 Å². The van der Waals surface area contributed by atoms with Gasteiger partial charge in [-0.25, -0.2) is 0 Å². The van der Waals surface area contributed by atoms with E-state index in [2.05, 4.69) is 31.4 Å². The summed E-state index contributed by atoms with van der Waals surface area (Å²) in [7, 11) is 1.85. The average molecular weight is 349 g/mol. The van der Waals surface area contributed by atoms with E-state index in [4.69, 9.17) is 0 Å². The number of quaternary nitrogens is 1. The molecule has 1 aromatic carbocycles. The molecule has 1 aromatic rings. The maximum Gasteiger partial charge on any atom is 0.279 e. The molecular formula is C20H34N3O2+. The first-order valence-corrected chi connectivity index (χ1v) is 8.85. The fourth-order valence-electron chi connectivity index (χ4n) is 3.24. The monoisotopic (exact) mass is 348 g/mol. The van der Waals surface area contributed by atoms with E-state index in [1.807, 2.05) is 52.1 Å². The maximum absolute atomic E-state index is 12.3. The number of amides is 2. The van der Waals surface area contributed by atoms with E-state index in [1.54, 1.807) is 0 Å². The number of rotatable bonds is 7. The number of likely N-dealkylation sites (N-methyl/N-ethyl adjacent to an activating group) is 1. The van der Waals surface area contributed by atoms with Crippen LogP contribution in [-0.2, 0) is 9.59 Å². The van der Waals surface area contributed by atoms with Crippen LogP contribution in [0.2, 0.25) is 0 Å². The minimum absolute atomic E-state index is 0.0325. The van der Waals surface area contributed by atoms with Gasteiger partial charge in [0, 0.05) is 11.2 Å². The summed E-state index contributed by atoms with van der Waals surface area (Å²) in [5.41, 5.74) is 1.80. The molecular weight excluding hydrogens is 314 g/mol. The molecule has 0 heterocycles. The van der Waals surface area contributed by atoms with Crippen molar-refractivity contribution < 1.29 is 14.5 Å². The number of anilines is 1. The van der Waals surface area contributed by atoms with Gasteiger partial charge in [-0.05, 0) is 44.7 Å². The molecule has 1 atom stereocenters. The average Bonchev–Trinajstić information content (AvgIpc) is 2.36. The van der Waals surface area contributed by atoms with Gasteiger partial charge in [-0.3, -0.25) is 9.59 Å². The summed E-state index contributed by atoms with van der Waals surface area (Å²) in [4.78, 5) is 25.2. The summed E-state index contributed by atoms with van der Waals surface area (Å²) in [6.45, 7) is 13.1. The van der Waals surface area contributed by atoms with Crippen LogP contribution in [0.1, 0.15) is 46.6 Å². The summed E-state index contributed by atoms with van der Waals surface area (Å²) in [5.74, 6) is -0.127. The summed E-state index contributed by atoms with van der Waals surface area (Å²) >= 11 is 0. The minimum Gasteiger partial charge on any atom is -0.346 e. The van der Waals surface area contributed by atoms with Crippen molar-refractivity contribution in [1.29, 1.82) is 0 Å². The number of hydrogen-bond donors (Lipinski definition) is 3. The maximum atomic E-state index is 12.3. The van der Waals surface area contributed by atoms with Crippen molar-refractivity contribution >= 4 is 17.5 Å². The molecule has 0 saturated carbocycles. The van der Waals surface area contributed by atoms with Crippen molar-refractivity contribution in [1.82, 2.24) is 5.32 Å². The van der Waals surface area contributed by atoms with Crippen molar-refractivity contribution in [2.24, 2.45) is 5.41 Å². The molecule has 1 rings (SSSR count). The van der Waals surface area contributed by atoms with Crippen molar-refractivity contribution in [2.75, 3.05) is 25.5 Å². The fourth-order valence-corrected chi connectivity index (χ4v) is 3.24. The Kier molecular flexibility index (Phi) is 7.17. The van der Waals surface area contributed by atoms with E-state index < -0.39 is 0 Å². The number of carbonyl (C=O) groups is 2. The quantitative estimate of drug-likeness (QED) is 0.703. The Hall–Kier alpha value is -1.88. The highest BCUT2D eigenvalue weighted by molar-refractivity contribution is 5.91. The van der Waals surface area contributed by atoms with Crippen LogP contribution >= 0.6 is 0 Å². The van der Waals surface area contributed by atoms with Gasteiger partial charge in [0.1, 0.15) is 0 Å². The molecule has 5 nitrogen and oxygen atoms in total. The Bertz CT molecular complexity index is 586. The van der Waals surface area contributed by atoms with E-state index in [-0.39, 0.29) is 35.9 Å². The molecule has 140 valence electrons. The van der Waals surface area contributed by atoms with Crippen LogP contribution in [0.15, 0.2) is 24.3 Å². The first-order chi connectivity index (χ1) is 11.4. The lowest BCUT2D eigenvalue weighted by atomic mass is 9.82. The van der Waals surface area contributed by atoms with Crippen molar-refractivity contribution in [2.45, 2.75) is 53.5 Å². The van der Waals surface area contributed by atoms with Gasteiger partial charge in [0.25, 0.3) is 11.8 Å². The summed E-state index contributed by atoms with van der Waals surface area (Å²) in [6.07, 6.45) is 0.888. The van der Waals surface area contributed by atoms with Gasteiger partial charge >= 0.3 is 0 Å². The summed E-state index contributed by atoms with van der Waals surface area (Å²) in [6, 6.07) is 7.67. The zero-order valence-corrected chi connectivity index (χ0v) is 16.7. The summed E-state index contributed by atoms with van der Waals surface area (Å²) < 4.78 is 0. The third-order valence-electron chi connectivity index (χ3n) is 3.71. The highest BCUT2D eigenvalue weighted by Crippen LogP contribution is 2.26. The Labute approximate surface area is 152 Å². The third kappa shape index (κ3) is 9.25. The Morgan fingerprint density at radius 1 is 0.960 bits per heavy atom. The second kappa shape index (κ2) is 8.48. The lowest BCUT2D eigenvalue weighted by Gasteiger charge is -2.33. The number of benzene rings is 1. The van der Waals surface area contributed by atoms with Crippen LogP contribution in [0.25, 0.3) is 0 Å². The van der Waals surface area contributed by atoms with Crippen LogP contribution < -0.4 is 15.5 Å². The molecule has 0 bridgehead atoms. The molecule has 3 N–H and O–H groups in total. The standard InChI is InChI=1S/C20H33N3O2/c1-15-8-10-16(11-9-15)21-17(24)12-23(7)13-18(25)22-20(5,6)14-19(2,3)4/h8-11H,12-14H2,1-7H3,(H,21,24)(H,22,25)/p+1. The largest absolute Gasteiger partial charge is 0.346 e. The number of carbonyl (C=O) groups excluding carboxylic acids is 2. The second-order valence-corrected chi connectivity index (χ2v) is 8.89. The first-order valence-electron chi connectivity index (χ1n) is 8.85.